The first-order valence-corrected chi connectivity index (χ1v) is 8.41. The van der Waals surface area contributed by atoms with E-state index in [9.17, 15) is 0 Å². The molecule has 0 aliphatic carbocycles. The maximum Gasteiger partial charge on any atom is 0.263 e. The molecule has 0 aliphatic rings. The van der Waals surface area contributed by atoms with Gasteiger partial charge in [-0.05, 0) is 34.4 Å². The lowest BCUT2D eigenvalue weighted by atomic mass is 10.2. The lowest BCUT2D eigenvalue weighted by molar-refractivity contribution is 0.287. The monoisotopic (exact) mass is 365 g/mol. The molecule has 0 bridgehead atoms. The van der Waals surface area contributed by atoms with Gasteiger partial charge >= 0.3 is 0 Å². The number of anilines is 1. The summed E-state index contributed by atoms with van der Waals surface area (Å²) >= 11 is 7.99. The summed E-state index contributed by atoms with van der Waals surface area (Å²) in [6.07, 6.45) is 0. The maximum atomic E-state index is 6.36. The van der Waals surface area contributed by atoms with Crippen LogP contribution in [0.5, 0.6) is 11.5 Å². The minimum absolute atomic E-state index is 0.450. The highest BCUT2D eigenvalue weighted by Gasteiger charge is 2.13. The van der Waals surface area contributed by atoms with Crippen molar-refractivity contribution in [1.82, 2.24) is 20.2 Å². The number of halogens is 1. The number of benzene rings is 1. The number of thiophene rings is 1. The van der Waals surface area contributed by atoms with E-state index in [2.05, 4.69) is 20.7 Å². The second-order valence-electron chi connectivity index (χ2n) is 4.93. The Balaban J connectivity index is 1.71. The largest absolute Gasteiger partial charge is 0.493 e. The molecule has 24 heavy (non-hydrogen) atoms. The van der Waals surface area contributed by atoms with E-state index in [1.165, 1.54) is 4.80 Å². The van der Waals surface area contributed by atoms with Gasteiger partial charge in [-0.25, -0.2) is 0 Å². The smallest absolute Gasteiger partial charge is 0.263 e. The average Bonchev–Trinajstić information content (AvgIpc) is 3.23. The van der Waals surface area contributed by atoms with Crippen LogP contribution in [0.4, 0.5) is 5.95 Å². The molecule has 0 spiro atoms. The Bertz CT molecular complexity index is 806. The highest BCUT2D eigenvalue weighted by atomic mass is 35.5. The van der Waals surface area contributed by atoms with Crippen molar-refractivity contribution >= 4 is 28.9 Å². The number of nitrogens with zero attached hydrogens (tertiary/aromatic N) is 4. The standard InChI is InChI=1S/C15H16ClN5O2S/c1-21-19-15(18-20-21)17-8-10-6-12(16)14(13(7-10)22-2)23-9-11-4-3-5-24-11/h3-7H,8-9H2,1-2H3,(H,17,19). The van der Waals surface area contributed by atoms with Crippen molar-refractivity contribution in [3.8, 4) is 11.5 Å². The zero-order valence-electron chi connectivity index (χ0n) is 13.2. The normalized spacial score (nSPS) is 10.6. The summed E-state index contributed by atoms with van der Waals surface area (Å²) in [6.45, 7) is 0.946. The van der Waals surface area contributed by atoms with Crippen LogP contribution < -0.4 is 14.8 Å². The van der Waals surface area contributed by atoms with Gasteiger partial charge < -0.3 is 14.8 Å². The second-order valence-corrected chi connectivity index (χ2v) is 6.37. The summed E-state index contributed by atoms with van der Waals surface area (Å²) in [4.78, 5) is 2.50. The highest BCUT2D eigenvalue weighted by Crippen LogP contribution is 2.37. The molecule has 2 aromatic heterocycles. The van der Waals surface area contributed by atoms with Gasteiger partial charge in [-0.1, -0.05) is 22.8 Å². The Morgan fingerprint density at radius 3 is 2.92 bits per heavy atom. The number of hydrogen-bond donors (Lipinski definition) is 1. The average molecular weight is 366 g/mol. The SMILES string of the molecule is COc1cc(CNc2nnn(C)n2)cc(Cl)c1OCc1cccs1. The van der Waals surface area contributed by atoms with E-state index in [0.717, 1.165) is 10.4 Å². The third kappa shape index (κ3) is 3.95. The number of nitrogens with one attached hydrogen (secondary N) is 1. The van der Waals surface area contributed by atoms with Crippen LogP contribution in [0.15, 0.2) is 29.6 Å². The molecule has 0 saturated carbocycles. The van der Waals surface area contributed by atoms with Crippen molar-refractivity contribution < 1.29 is 9.47 Å². The fourth-order valence-electron chi connectivity index (χ4n) is 2.09. The van der Waals surface area contributed by atoms with Gasteiger partial charge in [-0.2, -0.15) is 4.80 Å². The molecule has 3 aromatic rings. The molecule has 1 N–H and O–H groups in total. The van der Waals surface area contributed by atoms with E-state index in [1.54, 1.807) is 25.5 Å². The Kier molecular flexibility index (Phi) is 5.17. The topological polar surface area (TPSA) is 74.1 Å². The summed E-state index contributed by atoms with van der Waals surface area (Å²) in [5, 5.41) is 17.3. The first-order valence-electron chi connectivity index (χ1n) is 7.15. The molecule has 126 valence electrons. The number of aryl methyl sites for hydroxylation is 1. The Morgan fingerprint density at radius 2 is 2.25 bits per heavy atom. The molecule has 0 unspecified atom stereocenters. The Labute approximate surface area is 148 Å². The zero-order valence-corrected chi connectivity index (χ0v) is 14.8. The molecule has 0 amide bonds. The zero-order chi connectivity index (χ0) is 16.9. The van der Waals surface area contributed by atoms with Crippen LogP contribution in [0.1, 0.15) is 10.4 Å². The van der Waals surface area contributed by atoms with E-state index in [0.29, 0.717) is 35.6 Å². The minimum atomic E-state index is 0.450. The van der Waals surface area contributed by atoms with Crippen molar-refractivity contribution in [2.45, 2.75) is 13.2 Å². The Morgan fingerprint density at radius 1 is 1.38 bits per heavy atom. The first-order chi connectivity index (χ1) is 11.7. The van der Waals surface area contributed by atoms with E-state index in [-0.39, 0.29) is 0 Å². The van der Waals surface area contributed by atoms with Crippen molar-refractivity contribution in [3.63, 3.8) is 0 Å². The van der Waals surface area contributed by atoms with Crippen molar-refractivity contribution in [2.24, 2.45) is 7.05 Å². The lowest BCUT2D eigenvalue weighted by Gasteiger charge is -2.14. The summed E-state index contributed by atoms with van der Waals surface area (Å²) in [7, 11) is 3.29. The predicted octanol–water partition coefficient (Wildman–Crippen LogP) is 3.12. The van der Waals surface area contributed by atoms with Crippen LogP contribution in [-0.2, 0) is 20.2 Å². The fraction of sp³-hybridized carbons (Fsp3) is 0.267. The van der Waals surface area contributed by atoms with Gasteiger partial charge in [-0.15, -0.1) is 16.4 Å². The number of ether oxygens (including phenoxy) is 2. The molecule has 3 rings (SSSR count). The quantitative estimate of drug-likeness (QED) is 0.693. The van der Waals surface area contributed by atoms with Crippen molar-refractivity contribution in [2.75, 3.05) is 12.4 Å². The fourth-order valence-corrected chi connectivity index (χ4v) is 2.99. The van der Waals surface area contributed by atoms with Crippen LogP contribution in [0.25, 0.3) is 0 Å². The van der Waals surface area contributed by atoms with E-state index < -0.39 is 0 Å². The molecule has 9 heteroatoms. The van der Waals surface area contributed by atoms with Gasteiger partial charge in [0.2, 0.25) is 0 Å². The molecule has 0 radical (unpaired) electrons. The van der Waals surface area contributed by atoms with Gasteiger partial charge in [0.05, 0.1) is 19.2 Å². The lowest BCUT2D eigenvalue weighted by Crippen LogP contribution is -2.03. The predicted molar refractivity (Wildman–Crippen MR) is 92.8 cm³/mol. The molecule has 0 saturated heterocycles. The molecule has 7 nitrogen and oxygen atoms in total. The van der Waals surface area contributed by atoms with Crippen LogP contribution >= 0.6 is 22.9 Å². The number of rotatable bonds is 7. The molecular weight excluding hydrogens is 350 g/mol. The highest BCUT2D eigenvalue weighted by molar-refractivity contribution is 7.09. The summed E-state index contributed by atoms with van der Waals surface area (Å²) in [5.74, 6) is 1.57. The van der Waals surface area contributed by atoms with Gasteiger partial charge in [0.25, 0.3) is 5.95 Å². The molecule has 0 aliphatic heterocycles. The van der Waals surface area contributed by atoms with Crippen LogP contribution in [0.3, 0.4) is 0 Å². The summed E-state index contributed by atoms with van der Waals surface area (Å²) in [6, 6.07) is 7.70. The van der Waals surface area contributed by atoms with Crippen LogP contribution in [0.2, 0.25) is 5.02 Å². The number of hydrogen-bond acceptors (Lipinski definition) is 7. The molecule has 1 aromatic carbocycles. The number of tetrazole rings is 1. The summed E-state index contributed by atoms with van der Waals surface area (Å²) < 4.78 is 11.2. The maximum absolute atomic E-state index is 6.36. The van der Waals surface area contributed by atoms with E-state index in [1.807, 2.05) is 29.6 Å². The molecule has 0 atom stereocenters. The van der Waals surface area contributed by atoms with E-state index >= 15 is 0 Å². The Hall–Kier alpha value is -2.32. The van der Waals surface area contributed by atoms with Crippen molar-refractivity contribution in [1.29, 1.82) is 0 Å². The minimum Gasteiger partial charge on any atom is -0.493 e. The molecular formula is C15H16ClN5O2S. The number of aromatic nitrogens is 4. The van der Waals surface area contributed by atoms with Crippen LogP contribution in [-0.4, -0.2) is 27.3 Å². The van der Waals surface area contributed by atoms with Gasteiger partial charge in [0.1, 0.15) is 6.61 Å². The molecule has 0 fully saturated rings. The summed E-state index contributed by atoms with van der Waals surface area (Å²) in [5.41, 5.74) is 0.924. The second kappa shape index (κ2) is 7.50. The third-order valence-electron chi connectivity index (χ3n) is 3.19. The van der Waals surface area contributed by atoms with Gasteiger partial charge in [0.15, 0.2) is 11.5 Å². The van der Waals surface area contributed by atoms with Gasteiger partial charge in [0, 0.05) is 11.4 Å². The van der Waals surface area contributed by atoms with Crippen LogP contribution in [0, 0.1) is 0 Å². The van der Waals surface area contributed by atoms with Gasteiger partial charge in [-0.3, -0.25) is 0 Å². The molecule has 2 heterocycles. The number of methoxy groups -OCH3 is 1. The van der Waals surface area contributed by atoms with Crippen molar-refractivity contribution in [3.05, 3.63) is 45.1 Å². The first kappa shape index (κ1) is 16.5. The third-order valence-corrected chi connectivity index (χ3v) is 4.32. The van der Waals surface area contributed by atoms with E-state index in [4.69, 9.17) is 21.1 Å².